The standard InChI is InChI=1S/C22H24N6O5/c1-3-26(13-18(29)24-16-10-9-14(2)11-17(16)28(32)33)19-20(23)27(22(31)25-21(19)30)12-15-7-5-4-6-8-15/h4-11H,3,12-13,23H2,1-2H3,(H,24,29)(H,25,30,31). The number of hydrogen-bond donors (Lipinski definition) is 3. The number of benzene rings is 2. The molecule has 2 aromatic carbocycles. The number of aryl methyl sites for hydroxylation is 1. The molecular weight excluding hydrogens is 428 g/mol. The van der Waals surface area contributed by atoms with Crippen molar-refractivity contribution < 1.29 is 9.72 Å². The molecule has 0 saturated heterocycles. The zero-order valence-corrected chi connectivity index (χ0v) is 18.2. The van der Waals surface area contributed by atoms with Crippen LogP contribution < -0.4 is 27.2 Å². The topological polar surface area (TPSA) is 156 Å². The van der Waals surface area contributed by atoms with Gasteiger partial charge >= 0.3 is 5.69 Å². The Morgan fingerprint density at radius 1 is 1.21 bits per heavy atom. The summed E-state index contributed by atoms with van der Waals surface area (Å²) >= 11 is 0. The summed E-state index contributed by atoms with van der Waals surface area (Å²) in [6.45, 7) is 3.47. The molecule has 0 aliphatic heterocycles. The maximum absolute atomic E-state index is 12.7. The van der Waals surface area contributed by atoms with Gasteiger partial charge in [0.1, 0.15) is 17.2 Å². The van der Waals surface area contributed by atoms with Crippen LogP contribution in [0.25, 0.3) is 0 Å². The number of nitrogen functional groups attached to an aromatic ring is 1. The van der Waals surface area contributed by atoms with Gasteiger partial charge in [-0.25, -0.2) is 4.79 Å². The van der Waals surface area contributed by atoms with Crippen LogP contribution in [0.3, 0.4) is 0 Å². The number of nitrogens with zero attached hydrogens (tertiary/aromatic N) is 3. The lowest BCUT2D eigenvalue weighted by Crippen LogP contribution is -2.41. The minimum Gasteiger partial charge on any atom is -0.383 e. The fraction of sp³-hybridized carbons (Fsp3) is 0.227. The first-order valence-corrected chi connectivity index (χ1v) is 10.2. The van der Waals surface area contributed by atoms with Crippen molar-refractivity contribution in [3.63, 3.8) is 0 Å². The van der Waals surface area contributed by atoms with Gasteiger partial charge in [-0.1, -0.05) is 36.4 Å². The monoisotopic (exact) mass is 452 g/mol. The molecule has 0 spiro atoms. The van der Waals surface area contributed by atoms with Crippen molar-refractivity contribution in [3.05, 3.63) is 90.6 Å². The highest BCUT2D eigenvalue weighted by Crippen LogP contribution is 2.25. The minimum absolute atomic E-state index is 0.0263. The van der Waals surface area contributed by atoms with Crippen molar-refractivity contribution in [3.8, 4) is 0 Å². The number of carbonyl (C=O) groups is 1. The molecule has 0 saturated carbocycles. The number of aromatic amines is 1. The van der Waals surface area contributed by atoms with Crippen LogP contribution >= 0.6 is 0 Å². The summed E-state index contributed by atoms with van der Waals surface area (Å²) in [5.74, 6) is -0.660. The first-order valence-electron chi connectivity index (χ1n) is 10.2. The number of nitrogens with two attached hydrogens (primary N) is 1. The molecule has 0 atom stereocenters. The lowest BCUT2D eigenvalue weighted by Gasteiger charge is -2.24. The zero-order chi connectivity index (χ0) is 24.1. The van der Waals surface area contributed by atoms with E-state index < -0.39 is 22.1 Å². The second kappa shape index (κ2) is 9.81. The quantitative estimate of drug-likeness (QED) is 0.348. The second-order valence-electron chi connectivity index (χ2n) is 7.40. The summed E-state index contributed by atoms with van der Waals surface area (Å²) in [5, 5.41) is 13.8. The van der Waals surface area contributed by atoms with E-state index in [1.807, 2.05) is 30.3 Å². The van der Waals surface area contributed by atoms with Crippen molar-refractivity contribution in [2.75, 3.05) is 29.0 Å². The van der Waals surface area contributed by atoms with Crippen LogP contribution in [0, 0.1) is 17.0 Å². The van der Waals surface area contributed by atoms with Crippen molar-refractivity contribution in [1.82, 2.24) is 9.55 Å². The Bertz CT molecular complexity index is 1300. The van der Waals surface area contributed by atoms with E-state index in [0.717, 1.165) is 5.56 Å². The highest BCUT2D eigenvalue weighted by atomic mass is 16.6. The predicted molar refractivity (Wildman–Crippen MR) is 126 cm³/mol. The number of anilines is 3. The lowest BCUT2D eigenvalue weighted by atomic mass is 10.2. The Morgan fingerprint density at radius 2 is 1.91 bits per heavy atom. The molecule has 0 aliphatic rings. The SMILES string of the molecule is CCN(CC(=O)Nc1ccc(C)cc1[N+](=O)[O-])c1c(N)n(Cc2ccccc2)c(=O)[nH]c1=O. The van der Waals surface area contributed by atoms with E-state index in [2.05, 4.69) is 10.3 Å². The number of aromatic nitrogens is 2. The molecule has 172 valence electrons. The van der Waals surface area contributed by atoms with Crippen molar-refractivity contribution in [1.29, 1.82) is 0 Å². The van der Waals surface area contributed by atoms with Crippen LogP contribution in [0.1, 0.15) is 18.1 Å². The van der Waals surface area contributed by atoms with E-state index in [4.69, 9.17) is 5.73 Å². The molecular formula is C22H24N6O5. The van der Waals surface area contributed by atoms with E-state index in [1.165, 1.54) is 21.6 Å². The number of nitrogens with one attached hydrogen (secondary N) is 2. The summed E-state index contributed by atoms with van der Waals surface area (Å²) in [5.41, 5.74) is 6.07. The van der Waals surface area contributed by atoms with Gasteiger partial charge in [0.2, 0.25) is 5.91 Å². The summed E-state index contributed by atoms with van der Waals surface area (Å²) in [7, 11) is 0. The summed E-state index contributed by atoms with van der Waals surface area (Å²) < 4.78 is 1.22. The van der Waals surface area contributed by atoms with Crippen LogP contribution in [0.5, 0.6) is 0 Å². The molecule has 4 N–H and O–H groups in total. The van der Waals surface area contributed by atoms with E-state index in [1.54, 1.807) is 19.9 Å². The molecule has 0 radical (unpaired) electrons. The molecule has 11 nitrogen and oxygen atoms in total. The number of hydrogen-bond acceptors (Lipinski definition) is 7. The fourth-order valence-electron chi connectivity index (χ4n) is 3.42. The van der Waals surface area contributed by atoms with Gasteiger partial charge in [-0.2, -0.15) is 0 Å². The second-order valence-corrected chi connectivity index (χ2v) is 7.40. The van der Waals surface area contributed by atoms with Crippen LogP contribution in [0.4, 0.5) is 22.9 Å². The van der Waals surface area contributed by atoms with Crippen molar-refractivity contribution >= 4 is 28.8 Å². The molecule has 0 unspecified atom stereocenters. The van der Waals surface area contributed by atoms with Crippen molar-refractivity contribution in [2.45, 2.75) is 20.4 Å². The molecule has 33 heavy (non-hydrogen) atoms. The van der Waals surface area contributed by atoms with Crippen LogP contribution in [0.2, 0.25) is 0 Å². The Morgan fingerprint density at radius 3 is 2.55 bits per heavy atom. The molecule has 11 heteroatoms. The first kappa shape index (κ1) is 23.3. The van der Waals surface area contributed by atoms with Crippen LogP contribution in [-0.2, 0) is 11.3 Å². The number of amides is 1. The highest BCUT2D eigenvalue weighted by molar-refractivity contribution is 5.96. The minimum atomic E-state index is -0.724. The third-order valence-corrected chi connectivity index (χ3v) is 5.05. The third kappa shape index (κ3) is 5.26. The molecule has 0 aliphatic carbocycles. The van der Waals surface area contributed by atoms with E-state index in [-0.39, 0.29) is 42.5 Å². The highest BCUT2D eigenvalue weighted by Gasteiger charge is 2.22. The van der Waals surface area contributed by atoms with Gasteiger partial charge in [0.05, 0.1) is 18.0 Å². The smallest absolute Gasteiger partial charge is 0.330 e. The fourth-order valence-corrected chi connectivity index (χ4v) is 3.42. The Balaban J connectivity index is 1.90. The third-order valence-electron chi connectivity index (χ3n) is 5.05. The van der Waals surface area contributed by atoms with Gasteiger partial charge in [0.15, 0.2) is 0 Å². The molecule has 3 rings (SSSR count). The number of carbonyl (C=O) groups excluding carboxylic acids is 1. The first-order chi connectivity index (χ1) is 15.7. The normalized spacial score (nSPS) is 10.6. The molecule has 3 aromatic rings. The van der Waals surface area contributed by atoms with Gasteiger partial charge in [-0.15, -0.1) is 0 Å². The molecule has 0 bridgehead atoms. The maximum atomic E-state index is 12.7. The summed E-state index contributed by atoms with van der Waals surface area (Å²) in [4.78, 5) is 52.0. The van der Waals surface area contributed by atoms with Gasteiger partial charge in [-0.3, -0.25) is 29.3 Å². The predicted octanol–water partition coefficient (Wildman–Crippen LogP) is 1.85. The van der Waals surface area contributed by atoms with Gasteiger partial charge in [-0.05, 0) is 31.0 Å². The Kier molecular flexibility index (Phi) is 6.91. The zero-order valence-electron chi connectivity index (χ0n) is 18.2. The number of nitro groups is 1. The molecule has 1 amide bonds. The van der Waals surface area contributed by atoms with Gasteiger partial charge in [0, 0.05) is 12.6 Å². The van der Waals surface area contributed by atoms with Gasteiger partial charge in [0.25, 0.3) is 11.2 Å². The van der Waals surface area contributed by atoms with Gasteiger partial charge < -0.3 is 16.0 Å². The Hall–Kier alpha value is -4.41. The average molecular weight is 452 g/mol. The molecule has 1 aromatic heterocycles. The number of likely N-dealkylation sites (N-methyl/N-ethyl adjacent to an activating group) is 1. The Labute approximate surface area is 188 Å². The largest absolute Gasteiger partial charge is 0.383 e. The number of nitro benzene ring substituents is 1. The average Bonchev–Trinajstić information content (AvgIpc) is 2.77. The maximum Gasteiger partial charge on any atom is 0.330 e. The van der Waals surface area contributed by atoms with Crippen molar-refractivity contribution in [2.24, 2.45) is 0 Å². The number of rotatable bonds is 8. The molecule has 1 heterocycles. The van der Waals surface area contributed by atoms with Crippen LogP contribution in [0.15, 0.2) is 58.1 Å². The van der Waals surface area contributed by atoms with E-state index in [9.17, 15) is 24.5 Å². The number of H-pyrrole nitrogens is 1. The van der Waals surface area contributed by atoms with Crippen LogP contribution in [-0.4, -0.2) is 33.5 Å². The summed E-state index contributed by atoms with van der Waals surface area (Å²) in [6.07, 6.45) is 0. The van der Waals surface area contributed by atoms with E-state index >= 15 is 0 Å². The molecule has 0 fully saturated rings. The summed E-state index contributed by atoms with van der Waals surface area (Å²) in [6, 6.07) is 13.5. The lowest BCUT2D eigenvalue weighted by molar-refractivity contribution is -0.384. The van der Waals surface area contributed by atoms with E-state index in [0.29, 0.717) is 5.56 Å².